The molecular weight excluding hydrogens is 446 g/mol. The lowest BCUT2D eigenvalue weighted by molar-refractivity contribution is -0.134. The molecule has 35 heavy (non-hydrogen) atoms. The number of carbonyl (C=O) groups excluding carboxylic acids is 2. The second-order valence-electron chi connectivity index (χ2n) is 10.5. The fraction of sp³-hybridized carbons (Fsp3) is 0.615. The minimum absolute atomic E-state index is 0.00519. The first-order valence-corrected chi connectivity index (χ1v) is 12.6. The van der Waals surface area contributed by atoms with Crippen LogP contribution in [0.5, 0.6) is 0 Å². The number of hydrogen-bond acceptors (Lipinski definition) is 7. The quantitative estimate of drug-likeness (QED) is 0.635. The first kappa shape index (κ1) is 25.2. The van der Waals surface area contributed by atoms with Gasteiger partial charge in [0.15, 0.2) is 0 Å². The number of rotatable bonds is 5. The van der Waals surface area contributed by atoms with Crippen LogP contribution >= 0.6 is 0 Å². The molecule has 0 aliphatic carbocycles. The molecular formula is C26H37N5O4. The van der Waals surface area contributed by atoms with Crippen LogP contribution in [0.2, 0.25) is 0 Å². The molecule has 2 fully saturated rings. The summed E-state index contributed by atoms with van der Waals surface area (Å²) in [6, 6.07) is 9.79. The molecule has 9 heteroatoms. The number of likely N-dealkylation sites (tertiary alicyclic amines) is 1. The van der Waals surface area contributed by atoms with Gasteiger partial charge in [-0.3, -0.25) is 9.69 Å². The fourth-order valence-electron chi connectivity index (χ4n) is 4.65. The third-order valence-corrected chi connectivity index (χ3v) is 6.78. The summed E-state index contributed by atoms with van der Waals surface area (Å²) < 4.78 is 11.0. The van der Waals surface area contributed by atoms with Crippen molar-refractivity contribution in [3.8, 4) is 11.4 Å². The van der Waals surface area contributed by atoms with Crippen molar-refractivity contribution in [1.82, 2.24) is 24.8 Å². The van der Waals surface area contributed by atoms with Gasteiger partial charge in [0.1, 0.15) is 5.60 Å². The van der Waals surface area contributed by atoms with Gasteiger partial charge in [-0.2, -0.15) is 4.98 Å². The monoisotopic (exact) mass is 483 g/mol. The SMILES string of the molecule is CC(c1nc(-c2ccccc2)no1)N1CCN(C(=O)CC2CCN(C(=O)OC(C)(C)C)CC2)CC1. The predicted octanol–water partition coefficient (Wildman–Crippen LogP) is 3.98. The van der Waals surface area contributed by atoms with Crippen LogP contribution in [0.3, 0.4) is 0 Å². The molecule has 9 nitrogen and oxygen atoms in total. The number of carbonyl (C=O) groups is 2. The van der Waals surface area contributed by atoms with E-state index in [-0.39, 0.29) is 18.0 Å². The van der Waals surface area contributed by atoms with Crippen LogP contribution in [-0.4, -0.2) is 81.7 Å². The highest BCUT2D eigenvalue weighted by atomic mass is 16.6. The zero-order valence-corrected chi connectivity index (χ0v) is 21.3. The Morgan fingerprint density at radius 3 is 2.31 bits per heavy atom. The van der Waals surface area contributed by atoms with E-state index in [2.05, 4.69) is 22.0 Å². The van der Waals surface area contributed by atoms with Crippen molar-refractivity contribution in [3.05, 3.63) is 36.2 Å². The minimum atomic E-state index is -0.489. The molecule has 190 valence electrons. The van der Waals surface area contributed by atoms with E-state index in [1.54, 1.807) is 4.90 Å². The van der Waals surface area contributed by atoms with E-state index < -0.39 is 5.60 Å². The maximum Gasteiger partial charge on any atom is 0.410 e. The van der Waals surface area contributed by atoms with Gasteiger partial charge in [0.05, 0.1) is 6.04 Å². The summed E-state index contributed by atoms with van der Waals surface area (Å²) in [4.78, 5) is 35.8. The minimum Gasteiger partial charge on any atom is -0.444 e. The van der Waals surface area contributed by atoms with Gasteiger partial charge in [0.2, 0.25) is 17.6 Å². The normalized spacial score (nSPS) is 19.0. The van der Waals surface area contributed by atoms with Crippen LogP contribution in [-0.2, 0) is 9.53 Å². The van der Waals surface area contributed by atoms with Gasteiger partial charge >= 0.3 is 6.09 Å². The van der Waals surface area contributed by atoms with E-state index in [1.165, 1.54) is 0 Å². The predicted molar refractivity (Wildman–Crippen MR) is 131 cm³/mol. The summed E-state index contributed by atoms with van der Waals surface area (Å²) in [7, 11) is 0. The molecule has 1 aromatic carbocycles. The van der Waals surface area contributed by atoms with E-state index >= 15 is 0 Å². The van der Waals surface area contributed by atoms with Gasteiger partial charge in [-0.15, -0.1) is 0 Å². The number of nitrogens with zero attached hydrogens (tertiary/aromatic N) is 5. The number of amides is 2. The average Bonchev–Trinajstić information content (AvgIpc) is 3.34. The standard InChI is InChI=1S/C26H37N5O4/c1-19(24-27-23(28-35-24)21-8-6-5-7-9-21)29-14-16-30(17-15-29)22(32)18-20-10-12-31(13-11-20)25(33)34-26(2,3)4/h5-9,19-20H,10-18H2,1-4H3. The van der Waals surface area contributed by atoms with E-state index in [1.807, 2.05) is 56.0 Å². The topological polar surface area (TPSA) is 92.0 Å². The molecule has 3 heterocycles. The lowest BCUT2D eigenvalue weighted by Gasteiger charge is -2.38. The summed E-state index contributed by atoms with van der Waals surface area (Å²) in [5.74, 6) is 1.71. The smallest absolute Gasteiger partial charge is 0.410 e. The Morgan fingerprint density at radius 2 is 1.69 bits per heavy atom. The summed E-state index contributed by atoms with van der Waals surface area (Å²) >= 11 is 0. The Labute approximate surface area is 207 Å². The largest absolute Gasteiger partial charge is 0.444 e. The molecule has 4 rings (SSSR count). The number of ether oxygens (including phenoxy) is 1. The third kappa shape index (κ3) is 6.60. The van der Waals surface area contributed by atoms with E-state index in [0.29, 0.717) is 50.2 Å². The van der Waals surface area contributed by atoms with E-state index in [9.17, 15) is 9.59 Å². The molecule has 2 aliphatic rings. The molecule has 0 radical (unpaired) electrons. The zero-order valence-electron chi connectivity index (χ0n) is 21.3. The van der Waals surface area contributed by atoms with Crippen molar-refractivity contribution in [3.63, 3.8) is 0 Å². The van der Waals surface area contributed by atoms with Crippen molar-refractivity contribution in [2.24, 2.45) is 5.92 Å². The summed E-state index contributed by atoms with van der Waals surface area (Å²) in [5, 5.41) is 4.13. The maximum absolute atomic E-state index is 12.9. The molecule has 1 aromatic heterocycles. The first-order chi connectivity index (χ1) is 16.7. The van der Waals surface area contributed by atoms with Gasteiger partial charge in [-0.25, -0.2) is 4.79 Å². The lowest BCUT2D eigenvalue weighted by Crippen LogP contribution is -2.50. The Balaban J connectivity index is 1.21. The number of aromatic nitrogens is 2. The molecule has 2 aliphatic heterocycles. The molecule has 0 spiro atoms. The van der Waals surface area contributed by atoms with E-state index in [4.69, 9.17) is 9.26 Å². The molecule has 2 saturated heterocycles. The molecule has 2 amide bonds. The van der Waals surface area contributed by atoms with E-state index in [0.717, 1.165) is 31.5 Å². The summed E-state index contributed by atoms with van der Waals surface area (Å²) in [6.07, 6.45) is 1.96. The van der Waals surface area contributed by atoms with Crippen LogP contribution in [0, 0.1) is 5.92 Å². The van der Waals surface area contributed by atoms with Gasteiger partial charge in [0, 0.05) is 51.3 Å². The number of piperazine rings is 1. The van der Waals surface area contributed by atoms with Crippen LogP contribution < -0.4 is 0 Å². The van der Waals surface area contributed by atoms with Crippen LogP contribution in [0.4, 0.5) is 4.79 Å². The van der Waals surface area contributed by atoms with Crippen molar-refractivity contribution in [2.45, 2.75) is 58.6 Å². The first-order valence-electron chi connectivity index (χ1n) is 12.6. The van der Waals surface area contributed by atoms with Gasteiger partial charge in [0.25, 0.3) is 0 Å². The van der Waals surface area contributed by atoms with Gasteiger partial charge < -0.3 is 19.1 Å². The average molecular weight is 484 g/mol. The lowest BCUT2D eigenvalue weighted by atomic mass is 9.93. The maximum atomic E-state index is 12.9. The van der Waals surface area contributed by atoms with Crippen molar-refractivity contribution < 1.29 is 18.8 Å². The second kappa shape index (κ2) is 10.8. The number of piperidine rings is 1. The summed E-state index contributed by atoms with van der Waals surface area (Å²) in [5.41, 5.74) is 0.444. The second-order valence-corrected chi connectivity index (χ2v) is 10.5. The number of benzene rings is 1. The molecule has 1 unspecified atom stereocenters. The highest BCUT2D eigenvalue weighted by Gasteiger charge is 2.31. The Bertz CT molecular complexity index is 987. The van der Waals surface area contributed by atoms with Crippen molar-refractivity contribution in [2.75, 3.05) is 39.3 Å². The van der Waals surface area contributed by atoms with Crippen LogP contribution in [0.1, 0.15) is 58.9 Å². The molecule has 1 atom stereocenters. The van der Waals surface area contributed by atoms with Crippen molar-refractivity contribution >= 4 is 12.0 Å². The van der Waals surface area contributed by atoms with Crippen molar-refractivity contribution in [1.29, 1.82) is 0 Å². The molecule has 0 N–H and O–H groups in total. The van der Waals surface area contributed by atoms with Gasteiger partial charge in [-0.1, -0.05) is 35.5 Å². The Hall–Kier alpha value is -2.94. The number of hydrogen-bond donors (Lipinski definition) is 0. The third-order valence-electron chi connectivity index (χ3n) is 6.78. The molecule has 0 bridgehead atoms. The fourth-order valence-corrected chi connectivity index (χ4v) is 4.65. The van der Waals surface area contributed by atoms with Crippen LogP contribution in [0.15, 0.2) is 34.9 Å². The van der Waals surface area contributed by atoms with Gasteiger partial charge in [-0.05, 0) is 46.5 Å². The zero-order chi connectivity index (χ0) is 25.0. The molecule has 0 saturated carbocycles. The Morgan fingerprint density at radius 1 is 1.03 bits per heavy atom. The molecule has 2 aromatic rings. The highest BCUT2D eigenvalue weighted by molar-refractivity contribution is 5.76. The highest BCUT2D eigenvalue weighted by Crippen LogP contribution is 2.26. The summed E-state index contributed by atoms with van der Waals surface area (Å²) in [6.45, 7) is 11.9. The van der Waals surface area contributed by atoms with Crippen LogP contribution in [0.25, 0.3) is 11.4 Å². The Kier molecular flexibility index (Phi) is 7.74.